The molecule has 3 atom stereocenters. The Morgan fingerprint density at radius 1 is 1.12 bits per heavy atom. The van der Waals surface area contributed by atoms with E-state index in [0.717, 1.165) is 0 Å². The summed E-state index contributed by atoms with van der Waals surface area (Å²) in [7, 11) is 2.19. The van der Waals surface area contributed by atoms with Gasteiger partial charge in [0.1, 0.15) is 0 Å². The zero-order valence-electron chi connectivity index (χ0n) is 10.7. The van der Waals surface area contributed by atoms with Crippen molar-refractivity contribution >= 4 is 0 Å². The van der Waals surface area contributed by atoms with Crippen molar-refractivity contribution in [3.63, 3.8) is 0 Å². The van der Waals surface area contributed by atoms with Gasteiger partial charge in [0, 0.05) is 37.1 Å². The zero-order valence-corrected chi connectivity index (χ0v) is 10.7. The van der Waals surface area contributed by atoms with E-state index in [2.05, 4.69) is 43.0 Å². The number of nitrogens with zero attached hydrogens (tertiary/aromatic N) is 2. The van der Waals surface area contributed by atoms with Gasteiger partial charge in [0.05, 0.1) is 0 Å². The van der Waals surface area contributed by atoms with Crippen molar-refractivity contribution in [2.24, 2.45) is 0 Å². The van der Waals surface area contributed by atoms with Gasteiger partial charge in [0.25, 0.3) is 0 Å². The molecule has 0 bridgehead atoms. The topological polar surface area (TPSA) is 28.2 Å². The minimum absolute atomic E-state index is 0.633. The van der Waals surface area contributed by atoms with Crippen LogP contribution in [0.4, 0.5) is 0 Å². The fourth-order valence-electron chi connectivity index (χ4n) is 1.93. The highest BCUT2D eigenvalue weighted by Gasteiger charge is 2.24. The van der Waals surface area contributed by atoms with Gasteiger partial charge in [-0.1, -0.05) is 6.07 Å². The first-order chi connectivity index (χ1) is 7.61. The van der Waals surface area contributed by atoms with E-state index >= 15 is 0 Å². The molecule has 2 heterocycles. The third-order valence-corrected chi connectivity index (χ3v) is 3.09. The molecular weight excluding hydrogens is 198 g/mol. The highest BCUT2D eigenvalue weighted by atomic mass is 15.2. The number of likely N-dealkylation sites (N-methyl/N-ethyl adjacent to an activating group) is 1. The van der Waals surface area contributed by atoms with Gasteiger partial charge in [0.15, 0.2) is 0 Å². The lowest BCUT2D eigenvalue weighted by molar-refractivity contribution is 0.141. The standard InChI is InChI=1S/C8H18N2.C5H5N/c1-6-5-10(4)8(3)7(2)9-6;1-2-4-6-5-3-1/h6-9H,5H2,1-4H3;1-5H. The summed E-state index contributed by atoms with van der Waals surface area (Å²) in [6.45, 7) is 7.92. The van der Waals surface area contributed by atoms with Crippen LogP contribution in [0.15, 0.2) is 30.6 Å². The van der Waals surface area contributed by atoms with Crippen molar-refractivity contribution in [1.29, 1.82) is 0 Å². The molecule has 1 aliphatic rings. The van der Waals surface area contributed by atoms with Crippen LogP contribution in [0.1, 0.15) is 20.8 Å². The van der Waals surface area contributed by atoms with Crippen LogP contribution in [0.25, 0.3) is 0 Å². The minimum Gasteiger partial charge on any atom is -0.309 e. The number of pyridine rings is 1. The molecule has 0 aliphatic carbocycles. The summed E-state index contributed by atoms with van der Waals surface area (Å²) in [5.41, 5.74) is 0. The van der Waals surface area contributed by atoms with Gasteiger partial charge in [0.2, 0.25) is 0 Å². The Bertz CT molecular complexity index is 237. The van der Waals surface area contributed by atoms with E-state index in [1.54, 1.807) is 12.4 Å². The lowest BCUT2D eigenvalue weighted by Gasteiger charge is -2.39. The SMILES string of the molecule is CC1CN(C)C(C)C(C)N1.c1ccncc1. The Balaban J connectivity index is 0.000000181. The second-order valence-electron chi connectivity index (χ2n) is 4.56. The lowest BCUT2D eigenvalue weighted by Crippen LogP contribution is -2.57. The number of hydrogen-bond donors (Lipinski definition) is 1. The normalized spacial score (nSPS) is 30.4. The maximum Gasteiger partial charge on any atom is 0.0267 e. The average Bonchev–Trinajstić information content (AvgIpc) is 2.29. The Kier molecular flexibility index (Phi) is 5.43. The fourth-order valence-corrected chi connectivity index (χ4v) is 1.93. The molecule has 1 aliphatic heterocycles. The molecule has 0 saturated carbocycles. The maximum absolute atomic E-state index is 3.78. The van der Waals surface area contributed by atoms with Crippen molar-refractivity contribution in [3.8, 4) is 0 Å². The van der Waals surface area contributed by atoms with E-state index < -0.39 is 0 Å². The first-order valence-electron chi connectivity index (χ1n) is 5.92. The number of nitrogens with one attached hydrogen (secondary N) is 1. The van der Waals surface area contributed by atoms with Crippen LogP contribution >= 0.6 is 0 Å². The first-order valence-corrected chi connectivity index (χ1v) is 5.92. The predicted octanol–water partition coefficient (Wildman–Crippen LogP) is 1.77. The Hall–Kier alpha value is -0.930. The minimum atomic E-state index is 0.633. The van der Waals surface area contributed by atoms with Crippen LogP contribution in [-0.2, 0) is 0 Å². The highest BCUT2D eigenvalue weighted by Crippen LogP contribution is 2.08. The van der Waals surface area contributed by atoms with Crippen LogP contribution in [0.2, 0.25) is 0 Å². The summed E-state index contributed by atoms with van der Waals surface area (Å²) in [6, 6.07) is 7.67. The summed E-state index contributed by atoms with van der Waals surface area (Å²) in [6.07, 6.45) is 3.50. The molecule has 1 aromatic heterocycles. The van der Waals surface area contributed by atoms with E-state index in [1.807, 2.05) is 18.2 Å². The van der Waals surface area contributed by atoms with Crippen LogP contribution in [0.3, 0.4) is 0 Å². The Morgan fingerprint density at radius 3 is 2.12 bits per heavy atom. The Morgan fingerprint density at radius 2 is 1.75 bits per heavy atom. The number of aromatic nitrogens is 1. The van der Waals surface area contributed by atoms with Gasteiger partial charge < -0.3 is 10.2 Å². The molecule has 1 saturated heterocycles. The molecule has 1 N–H and O–H groups in total. The smallest absolute Gasteiger partial charge is 0.0267 e. The molecule has 0 spiro atoms. The second-order valence-corrected chi connectivity index (χ2v) is 4.56. The monoisotopic (exact) mass is 221 g/mol. The molecule has 3 heteroatoms. The number of rotatable bonds is 0. The third-order valence-electron chi connectivity index (χ3n) is 3.09. The van der Waals surface area contributed by atoms with Crippen molar-refractivity contribution in [3.05, 3.63) is 30.6 Å². The summed E-state index contributed by atoms with van der Waals surface area (Å²) in [4.78, 5) is 6.19. The van der Waals surface area contributed by atoms with Gasteiger partial charge >= 0.3 is 0 Å². The van der Waals surface area contributed by atoms with Gasteiger partial charge in [-0.05, 0) is 40.0 Å². The van der Waals surface area contributed by atoms with E-state index in [-0.39, 0.29) is 0 Å². The van der Waals surface area contributed by atoms with Crippen LogP contribution < -0.4 is 5.32 Å². The van der Waals surface area contributed by atoms with E-state index in [9.17, 15) is 0 Å². The summed E-state index contributed by atoms with van der Waals surface area (Å²) in [5, 5.41) is 3.52. The molecular formula is C13H23N3. The van der Waals surface area contributed by atoms with Crippen molar-refractivity contribution in [2.45, 2.75) is 38.9 Å². The molecule has 1 aromatic rings. The average molecular weight is 221 g/mol. The molecule has 90 valence electrons. The summed E-state index contributed by atoms with van der Waals surface area (Å²) >= 11 is 0. The van der Waals surface area contributed by atoms with Gasteiger partial charge in [-0.15, -0.1) is 0 Å². The zero-order chi connectivity index (χ0) is 12.0. The quantitative estimate of drug-likeness (QED) is 0.723. The highest BCUT2D eigenvalue weighted by molar-refractivity contribution is 4.88. The van der Waals surface area contributed by atoms with E-state index in [1.165, 1.54) is 6.54 Å². The molecule has 0 aromatic carbocycles. The number of hydrogen-bond acceptors (Lipinski definition) is 3. The molecule has 0 radical (unpaired) electrons. The fraction of sp³-hybridized carbons (Fsp3) is 0.615. The van der Waals surface area contributed by atoms with Crippen LogP contribution in [0, 0.1) is 0 Å². The molecule has 16 heavy (non-hydrogen) atoms. The molecule has 2 rings (SSSR count). The first kappa shape index (κ1) is 13.1. The van der Waals surface area contributed by atoms with Gasteiger partial charge in [-0.2, -0.15) is 0 Å². The van der Waals surface area contributed by atoms with Crippen molar-refractivity contribution < 1.29 is 0 Å². The molecule has 1 fully saturated rings. The predicted molar refractivity (Wildman–Crippen MR) is 68.4 cm³/mol. The third kappa shape index (κ3) is 4.29. The maximum atomic E-state index is 3.78. The molecule has 3 unspecified atom stereocenters. The van der Waals surface area contributed by atoms with E-state index in [4.69, 9.17) is 0 Å². The van der Waals surface area contributed by atoms with Gasteiger partial charge in [-0.25, -0.2) is 0 Å². The second kappa shape index (κ2) is 6.61. The summed E-state index contributed by atoms with van der Waals surface area (Å²) in [5.74, 6) is 0. The Labute approximate surface area is 98.9 Å². The van der Waals surface area contributed by atoms with Crippen LogP contribution in [-0.4, -0.2) is 41.6 Å². The van der Waals surface area contributed by atoms with Crippen molar-refractivity contribution in [1.82, 2.24) is 15.2 Å². The van der Waals surface area contributed by atoms with Gasteiger partial charge in [-0.3, -0.25) is 4.98 Å². The number of piperazine rings is 1. The largest absolute Gasteiger partial charge is 0.309 e. The van der Waals surface area contributed by atoms with E-state index in [0.29, 0.717) is 18.1 Å². The summed E-state index contributed by atoms with van der Waals surface area (Å²) < 4.78 is 0. The van der Waals surface area contributed by atoms with Crippen molar-refractivity contribution in [2.75, 3.05) is 13.6 Å². The molecule has 3 nitrogen and oxygen atoms in total. The van der Waals surface area contributed by atoms with Crippen LogP contribution in [0.5, 0.6) is 0 Å². The molecule has 0 amide bonds. The lowest BCUT2D eigenvalue weighted by atomic mass is 10.1.